The van der Waals surface area contributed by atoms with Crippen molar-refractivity contribution in [3.63, 3.8) is 0 Å². The van der Waals surface area contributed by atoms with E-state index in [0.29, 0.717) is 45.9 Å². The maximum absolute atomic E-state index is 5.37. The molecule has 16 bridgehead atoms. The van der Waals surface area contributed by atoms with Crippen molar-refractivity contribution in [1.82, 2.24) is 59.8 Å². The molecule has 0 aliphatic carbocycles. The van der Waals surface area contributed by atoms with Crippen molar-refractivity contribution in [3.8, 4) is 90.1 Å². The van der Waals surface area contributed by atoms with Gasteiger partial charge in [-0.05, 0) is 118 Å². The van der Waals surface area contributed by atoms with E-state index in [1.54, 1.807) is 0 Å². The molecule has 1 radical (unpaired) electrons. The van der Waals surface area contributed by atoms with Crippen molar-refractivity contribution < 1.29 is 49.4 Å². The first kappa shape index (κ1) is 57.5. The Morgan fingerprint density at radius 2 is 0.452 bits per heavy atom. The Balaban J connectivity index is 0.000000151. The van der Waals surface area contributed by atoms with E-state index in [1.165, 1.54) is 22.3 Å². The van der Waals surface area contributed by atoms with E-state index < -0.39 is 0 Å². The van der Waals surface area contributed by atoms with Gasteiger partial charge in [-0.25, -0.2) is 19.9 Å². The fourth-order valence-corrected chi connectivity index (χ4v) is 12.6. The third kappa shape index (κ3) is 10.4. The normalized spacial score (nSPS) is 11.9. The van der Waals surface area contributed by atoms with Crippen molar-refractivity contribution in [2.45, 2.75) is 27.7 Å². The third-order valence-electron chi connectivity index (χ3n) is 17.3. The number of hydrogen-bond donors (Lipinski definition) is 0. The minimum atomic E-state index is 0. The molecule has 18 rings (SSSR count). The van der Waals surface area contributed by atoms with Gasteiger partial charge in [0.2, 0.25) is 0 Å². The van der Waals surface area contributed by atoms with Crippen LogP contribution in [-0.4, -0.2) is 39.9 Å². The molecule has 10 heterocycles. The van der Waals surface area contributed by atoms with Gasteiger partial charge in [0.15, 0.2) is 0 Å². The number of aromatic nitrogens is 12. The van der Waals surface area contributed by atoms with E-state index in [1.807, 2.05) is 97.1 Å². The number of hydrogen-bond acceptors (Lipinski definition) is 8. The SMILES string of the molecule is Cc1ccc(-c2c3nc(c(-c4ccc(C)cc4)c4ccc([n-]4)c(-c4ccc(C)cc4)c4nc(c(-c5ccc(C)cc5)c5ccc2[n-]5)C=C4)C=C3)cc1.[Eu].c1ccc2c(c1)-c1nc-2nc2[n-]c(nc3nc(nc4[n-]c(n1)c1ccccc41)-c1ccccc1-3)c1ccccc21. The van der Waals surface area contributed by atoms with Crippen LogP contribution in [0, 0.1) is 77.1 Å². The Kier molecular flexibility index (Phi) is 14.5. The fourth-order valence-electron chi connectivity index (χ4n) is 12.6. The maximum atomic E-state index is 5.37. The molecule has 8 aromatic carbocycles. The number of rotatable bonds is 4. The Morgan fingerprint density at radius 1 is 0.226 bits per heavy atom. The monoisotopic (exact) mass is 1330 g/mol. The molecule has 4 aliphatic rings. The first-order valence-corrected chi connectivity index (χ1v) is 30.6. The number of nitrogens with zero attached hydrogens (tertiary/aromatic N) is 12. The van der Waals surface area contributed by atoms with Gasteiger partial charge in [0, 0.05) is 94.2 Å². The minimum absolute atomic E-state index is 0. The summed E-state index contributed by atoms with van der Waals surface area (Å²) in [7, 11) is 0. The van der Waals surface area contributed by atoms with Crippen LogP contribution in [0.1, 0.15) is 45.0 Å². The molecule has 6 aromatic heterocycles. The second-order valence-electron chi connectivity index (χ2n) is 23.5. The summed E-state index contributed by atoms with van der Waals surface area (Å²) >= 11 is 0. The van der Waals surface area contributed by atoms with Crippen LogP contribution >= 0.6 is 0 Å². The molecule has 4 aliphatic heterocycles. The molecule has 0 atom stereocenters. The second-order valence-corrected chi connectivity index (χ2v) is 23.5. The van der Waals surface area contributed by atoms with Crippen LogP contribution in [0.4, 0.5) is 0 Å². The molecule has 0 N–H and O–H groups in total. The molecule has 93 heavy (non-hydrogen) atoms. The van der Waals surface area contributed by atoms with Crippen LogP contribution in [0.3, 0.4) is 0 Å². The standard InChI is InChI=1S/C48H36N4.C32H16N8.Eu/c1-29-5-13-33(14-6-29)45-37-21-23-39(49-37)46(34-15-7-30(2)8-16-34)41-25-27-43(51-41)48(36-19-11-32(4)12-20-36)44-28-26-42(52-44)47(40-24-22-38(45)50-40)35-17-9-31(3)10-18-35;1-2-10-18-17(9-1)25-33-26(18)38-28-21-13-5-6-14-22(21)30(35-28)40-32-24-16-8-7-15-23(24)31(36-32)39-29-20-12-4-3-11-19(20)27(34-29)37-25;/h5-28H,1-4H3;1-16H;/q2*-2;. The smallest absolute Gasteiger partial charge is 0.0927 e. The van der Waals surface area contributed by atoms with Gasteiger partial charge in [-0.3, -0.25) is 0 Å². The van der Waals surface area contributed by atoms with Gasteiger partial charge in [0.05, 0.1) is 46.1 Å². The predicted molar refractivity (Wildman–Crippen MR) is 371 cm³/mol. The predicted octanol–water partition coefficient (Wildman–Crippen LogP) is 17.9. The van der Waals surface area contributed by atoms with Crippen molar-refractivity contribution in [3.05, 3.63) is 263 Å². The van der Waals surface area contributed by atoms with Gasteiger partial charge in [-0.2, -0.15) is 0 Å². The van der Waals surface area contributed by atoms with E-state index in [2.05, 4.69) is 173 Å². The summed E-state index contributed by atoms with van der Waals surface area (Å²) in [6, 6.07) is 74.8. The molecule has 443 valence electrons. The van der Waals surface area contributed by atoms with Gasteiger partial charge in [-0.1, -0.05) is 241 Å². The van der Waals surface area contributed by atoms with Crippen molar-refractivity contribution in [1.29, 1.82) is 0 Å². The zero-order valence-corrected chi connectivity index (χ0v) is 53.3. The topological polar surface area (TPSA) is 160 Å². The van der Waals surface area contributed by atoms with Gasteiger partial charge < -0.3 is 39.9 Å². The molecule has 14 aromatic rings. The molecule has 0 amide bonds. The third-order valence-corrected chi connectivity index (χ3v) is 17.3. The summed E-state index contributed by atoms with van der Waals surface area (Å²) < 4.78 is 0. The molecule has 12 nitrogen and oxygen atoms in total. The molecular formula is C80H52EuN12-4. The van der Waals surface area contributed by atoms with Gasteiger partial charge in [-0.15, -0.1) is 22.1 Å². The molecule has 0 spiro atoms. The number of aryl methyl sites for hydroxylation is 4. The van der Waals surface area contributed by atoms with E-state index in [0.717, 1.165) is 133 Å². The number of benzene rings is 8. The van der Waals surface area contributed by atoms with Crippen LogP contribution in [0.25, 0.3) is 181 Å². The average molecular weight is 1330 g/mol. The van der Waals surface area contributed by atoms with Crippen LogP contribution in [0.5, 0.6) is 0 Å². The zero-order chi connectivity index (χ0) is 61.6. The summed E-state index contributed by atoms with van der Waals surface area (Å²) in [5.41, 5.74) is 25.7. The molecular weight excluding hydrogens is 1280 g/mol. The summed E-state index contributed by atoms with van der Waals surface area (Å²) in [5, 5.41) is 3.57. The average Bonchev–Trinajstić information content (AvgIpc) is 1.64. The number of fused-ring (bicyclic) bond motifs is 28. The van der Waals surface area contributed by atoms with Crippen molar-refractivity contribution >= 4 is 90.5 Å². The maximum Gasteiger partial charge on any atom is 0.0927 e. The summed E-state index contributed by atoms with van der Waals surface area (Å²) in [6.45, 7) is 8.45. The first-order chi connectivity index (χ1) is 45.2. The van der Waals surface area contributed by atoms with E-state index in [9.17, 15) is 0 Å². The quantitative estimate of drug-likeness (QED) is 0.164. The van der Waals surface area contributed by atoms with Crippen LogP contribution in [0.2, 0.25) is 0 Å². The van der Waals surface area contributed by atoms with Gasteiger partial charge in [0.1, 0.15) is 0 Å². The van der Waals surface area contributed by atoms with E-state index in [4.69, 9.17) is 59.8 Å². The van der Waals surface area contributed by atoms with Crippen LogP contribution in [0.15, 0.2) is 218 Å². The summed E-state index contributed by atoms with van der Waals surface area (Å²) in [4.78, 5) is 60.8. The molecule has 0 unspecified atom stereocenters. The summed E-state index contributed by atoms with van der Waals surface area (Å²) in [6.07, 6.45) is 8.48. The Bertz CT molecular complexity index is 5100. The molecule has 0 saturated heterocycles. The Labute approximate surface area is 575 Å². The van der Waals surface area contributed by atoms with Crippen LogP contribution in [-0.2, 0) is 0 Å². The van der Waals surface area contributed by atoms with Gasteiger partial charge in [0.25, 0.3) is 0 Å². The zero-order valence-electron chi connectivity index (χ0n) is 50.8. The Morgan fingerprint density at radius 3 is 0.688 bits per heavy atom. The largest absolute Gasteiger partial charge is 0.657 e. The fraction of sp³-hybridized carbons (Fsp3) is 0.0500. The van der Waals surface area contributed by atoms with Crippen molar-refractivity contribution in [2.24, 2.45) is 0 Å². The van der Waals surface area contributed by atoms with Crippen molar-refractivity contribution in [2.75, 3.05) is 0 Å². The minimum Gasteiger partial charge on any atom is -0.657 e. The van der Waals surface area contributed by atoms with E-state index >= 15 is 0 Å². The summed E-state index contributed by atoms with van der Waals surface area (Å²) in [5.74, 6) is 2.21. The van der Waals surface area contributed by atoms with Crippen LogP contribution < -0.4 is 19.9 Å². The Hall–Kier alpha value is -10.7. The van der Waals surface area contributed by atoms with Gasteiger partial charge >= 0.3 is 0 Å². The second kappa shape index (κ2) is 23.5. The molecule has 0 fully saturated rings. The molecule has 0 saturated carbocycles. The molecule has 13 heteroatoms. The first-order valence-electron chi connectivity index (χ1n) is 30.6. The van der Waals surface area contributed by atoms with E-state index in [-0.39, 0.29) is 49.4 Å².